The second kappa shape index (κ2) is 8.53. The Morgan fingerprint density at radius 2 is 1.74 bits per heavy atom. The third kappa shape index (κ3) is 5.25. The summed E-state index contributed by atoms with van der Waals surface area (Å²) in [5.74, 6) is -0.871. The van der Waals surface area contributed by atoms with Gasteiger partial charge in [0.1, 0.15) is 4.90 Å². The Balaban J connectivity index is 2.96. The van der Waals surface area contributed by atoms with E-state index in [4.69, 9.17) is 4.18 Å². The fourth-order valence-corrected chi connectivity index (χ4v) is 2.91. The molecule has 0 spiro atoms. The van der Waals surface area contributed by atoms with Crippen molar-refractivity contribution in [2.45, 2.75) is 32.1 Å². The molecule has 0 unspecified atom stereocenters. The zero-order valence-electron chi connectivity index (χ0n) is 13.8. The van der Waals surface area contributed by atoms with Gasteiger partial charge in [-0.1, -0.05) is 31.7 Å². The van der Waals surface area contributed by atoms with Crippen LogP contribution >= 0.6 is 0 Å². The van der Waals surface area contributed by atoms with Gasteiger partial charge in [0.2, 0.25) is 0 Å². The number of rotatable bonds is 8. The molecule has 0 fully saturated rings. The Hall–Kier alpha value is -2.08. The van der Waals surface area contributed by atoms with E-state index >= 15 is 0 Å². The molecule has 0 aliphatic rings. The van der Waals surface area contributed by atoms with Gasteiger partial charge in [-0.3, -0.25) is 0 Å². The number of benzene rings is 1. The lowest BCUT2D eigenvalue weighted by Crippen LogP contribution is -2.21. The number of allylic oxidation sites excluding steroid dienone is 1. The molecular formula is C17H23NO4S. The molecule has 0 aliphatic carbocycles. The lowest BCUT2D eigenvalue weighted by atomic mass is 10.1. The highest BCUT2D eigenvalue weighted by molar-refractivity contribution is 7.87. The summed E-state index contributed by atoms with van der Waals surface area (Å²) in [5, 5.41) is 0. The van der Waals surface area contributed by atoms with E-state index in [-0.39, 0.29) is 10.5 Å². The standard InChI is InChI=1S/C17H23NO4S/c1-5-15(13-14(4)18(6-2)7-3)17(19)22-23(20,21)16-11-9-8-10-12-16/h8-13H,4-7H2,1-3H3. The summed E-state index contributed by atoms with van der Waals surface area (Å²) in [6.07, 6.45) is 1.93. The molecule has 23 heavy (non-hydrogen) atoms. The van der Waals surface area contributed by atoms with Crippen LogP contribution in [0.4, 0.5) is 0 Å². The van der Waals surface area contributed by atoms with Crippen molar-refractivity contribution in [2.75, 3.05) is 13.1 Å². The van der Waals surface area contributed by atoms with Crippen molar-refractivity contribution >= 4 is 16.1 Å². The van der Waals surface area contributed by atoms with Crippen LogP contribution in [0.1, 0.15) is 27.2 Å². The summed E-state index contributed by atoms with van der Waals surface area (Å²) in [6.45, 7) is 11.1. The highest BCUT2D eigenvalue weighted by Crippen LogP contribution is 2.16. The molecule has 1 rings (SSSR count). The zero-order valence-corrected chi connectivity index (χ0v) is 14.6. The molecule has 1 aromatic rings. The monoisotopic (exact) mass is 337 g/mol. The smallest absolute Gasteiger partial charge is 0.350 e. The zero-order chi connectivity index (χ0) is 17.5. The number of carbonyl (C=O) groups excluding carboxylic acids is 1. The summed E-state index contributed by atoms with van der Waals surface area (Å²) >= 11 is 0. The molecule has 126 valence electrons. The van der Waals surface area contributed by atoms with Gasteiger partial charge in [-0.05, 0) is 38.5 Å². The molecule has 5 nitrogen and oxygen atoms in total. The second-order valence-corrected chi connectivity index (χ2v) is 6.37. The first-order chi connectivity index (χ1) is 10.9. The molecule has 6 heteroatoms. The van der Waals surface area contributed by atoms with E-state index < -0.39 is 16.1 Å². The summed E-state index contributed by atoms with van der Waals surface area (Å²) in [7, 11) is -4.12. The van der Waals surface area contributed by atoms with Gasteiger partial charge in [0.25, 0.3) is 0 Å². The van der Waals surface area contributed by atoms with Crippen molar-refractivity contribution in [1.82, 2.24) is 4.90 Å². The van der Waals surface area contributed by atoms with Gasteiger partial charge in [-0.2, -0.15) is 8.42 Å². The highest BCUT2D eigenvalue weighted by Gasteiger charge is 2.22. The summed E-state index contributed by atoms with van der Waals surface area (Å²) < 4.78 is 28.9. The molecule has 0 saturated carbocycles. The lowest BCUT2D eigenvalue weighted by Gasteiger charge is -2.21. The van der Waals surface area contributed by atoms with Crippen LogP contribution in [-0.2, 0) is 19.1 Å². The van der Waals surface area contributed by atoms with Crippen LogP contribution in [0.15, 0.2) is 59.2 Å². The number of likely N-dealkylation sites (N-methyl/N-ethyl adjacent to an activating group) is 1. The van der Waals surface area contributed by atoms with Gasteiger partial charge in [0.05, 0.1) is 0 Å². The van der Waals surface area contributed by atoms with Gasteiger partial charge in [0.15, 0.2) is 0 Å². The van der Waals surface area contributed by atoms with Crippen LogP contribution in [0.25, 0.3) is 0 Å². The largest absolute Gasteiger partial charge is 0.373 e. The summed E-state index contributed by atoms with van der Waals surface area (Å²) in [6, 6.07) is 7.59. The molecule has 0 aromatic heterocycles. The molecule has 0 N–H and O–H groups in total. The normalized spacial score (nSPS) is 11.9. The summed E-state index contributed by atoms with van der Waals surface area (Å²) in [4.78, 5) is 14.1. The van der Waals surface area contributed by atoms with Crippen molar-refractivity contribution in [3.8, 4) is 0 Å². The van der Waals surface area contributed by atoms with Crippen molar-refractivity contribution in [1.29, 1.82) is 0 Å². The van der Waals surface area contributed by atoms with E-state index in [9.17, 15) is 13.2 Å². The lowest BCUT2D eigenvalue weighted by molar-refractivity contribution is -0.129. The van der Waals surface area contributed by atoms with Crippen LogP contribution in [0, 0.1) is 0 Å². The fraction of sp³-hybridized carbons (Fsp3) is 0.353. The Labute approximate surface area is 138 Å². The first kappa shape index (κ1) is 19.0. The maximum absolute atomic E-state index is 12.2. The molecule has 0 amide bonds. The van der Waals surface area contributed by atoms with Crippen LogP contribution < -0.4 is 0 Å². The van der Waals surface area contributed by atoms with E-state index in [0.717, 1.165) is 13.1 Å². The van der Waals surface area contributed by atoms with Crippen molar-refractivity contribution in [3.63, 3.8) is 0 Å². The average molecular weight is 337 g/mol. The van der Waals surface area contributed by atoms with Crippen molar-refractivity contribution < 1.29 is 17.4 Å². The molecule has 0 aliphatic heterocycles. The van der Waals surface area contributed by atoms with Crippen LogP contribution in [0.5, 0.6) is 0 Å². The Kier molecular flexibility index (Phi) is 7.03. The third-order valence-corrected chi connectivity index (χ3v) is 4.59. The van der Waals surface area contributed by atoms with Gasteiger partial charge < -0.3 is 9.08 Å². The molecule has 1 aromatic carbocycles. The van der Waals surface area contributed by atoms with Gasteiger partial charge in [-0.15, -0.1) is 0 Å². The predicted molar refractivity (Wildman–Crippen MR) is 90.2 cm³/mol. The minimum atomic E-state index is -4.12. The second-order valence-electron chi connectivity index (χ2n) is 4.82. The Bertz CT molecular complexity index is 674. The molecule has 0 saturated heterocycles. The van der Waals surface area contributed by atoms with E-state index in [1.807, 2.05) is 18.7 Å². The molecule has 0 atom stereocenters. The minimum Gasteiger partial charge on any atom is -0.373 e. The van der Waals surface area contributed by atoms with Crippen molar-refractivity contribution in [2.24, 2.45) is 0 Å². The number of hydrogen-bond acceptors (Lipinski definition) is 5. The van der Waals surface area contributed by atoms with E-state index in [1.165, 1.54) is 12.1 Å². The Morgan fingerprint density at radius 1 is 1.17 bits per heavy atom. The average Bonchev–Trinajstić information content (AvgIpc) is 2.54. The van der Waals surface area contributed by atoms with E-state index in [0.29, 0.717) is 12.1 Å². The number of carbonyl (C=O) groups is 1. The molecule has 0 bridgehead atoms. The maximum Gasteiger partial charge on any atom is 0.350 e. The van der Waals surface area contributed by atoms with Gasteiger partial charge in [-0.25, -0.2) is 4.79 Å². The molecular weight excluding hydrogens is 314 g/mol. The topological polar surface area (TPSA) is 63.7 Å². The third-order valence-electron chi connectivity index (χ3n) is 3.37. The van der Waals surface area contributed by atoms with E-state index in [1.54, 1.807) is 31.2 Å². The van der Waals surface area contributed by atoms with E-state index in [2.05, 4.69) is 6.58 Å². The van der Waals surface area contributed by atoms with Crippen LogP contribution in [-0.4, -0.2) is 32.4 Å². The fourth-order valence-electron chi connectivity index (χ4n) is 2.02. The molecule has 0 radical (unpaired) electrons. The van der Waals surface area contributed by atoms with Crippen LogP contribution in [0.2, 0.25) is 0 Å². The number of nitrogens with zero attached hydrogens (tertiary/aromatic N) is 1. The minimum absolute atomic E-state index is 0.0497. The van der Waals surface area contributed by atoms with Crippen LogP contribution in [0.3, 0.4) is 0 Å². The first-order valence-corrected chi connectivity index (χ1v) is 8.94. The van der Waals surface area contributed by atoms with Crippen molar-refractivity contribution in [3.05, 3.63) is 54.3 Å². The number of hydrogen-bond donors (Lipinski definition) is 0. The predicted octanol–water partition coefficient (Wildman–Crippen LogP) is 3.11. The van der Waals surface area contributed by atoms with Gasteiger partial charge in [0, 0.05) is 24.4 Å². The summed E-state index contributed by atoms with van der Waals surface area (Å²) in [5.41, 5.74) is 0.919. The quantitative estimate of drug-likeness (QED) is 0.414. The SMILES string of the molecule is C=C(C=C(CC)C(=O)OS(=O)(=O)c1ccccc1)N(CC)CC. The molecule has 0 heterocycles. The highest BCUT2D eigenvalue weighted by atomic mass is 32.2. The first-order valence-electron chi connectivity index (χ1n) is 7.53. The van der Waals surface area contributed by atoms with Gasteiger partial charge >= 0.3 is 16.1 Å². The maximum atomic E-state index is 12.2. The Morgan fingerprint density at radius 3 is 2.22 bits per heavy atom.